The van der Waals surface area contributed by atoms with Gasteiger partial charge < -0.3 is 10.6 Å². The number of Topliss-reactive ketones (excluding diaryl/α,β-unsaturated/α-hetero) is 1. The molecule has 0 saturated carbocycles. The quantitative estimate of drug-likeness (QED) is 0.651. The van der Waals surface area contributed by atoms with Gasteiger partial charge in [0.2, 0.25) is 0 Å². The lowest BCUT2D eigenvalue weighted by Crippen LogP contribution is -2.22. The van der Waals surface area contributed by atoms with Crippen LogP contribution in [0.1, 0.15) is 35.1 Å². The van der Waals surface area contributed by atoms with E-state index in [4.69, 9.17) is 5.73 Å². The fraction of sp³-hybridized carbons (Fsp3) is 0.333. The van der Waals surface area contributed by atoms with E-state index in [2.05, 4.69) is 30.4 Å². The molecule has 2 N–H and O–H groups in total. The molecule has 0 aliphatic carbocycles. The lowest BCUT2D eigenvalue weighted by Gasteiger charge is -2.16. The molecule has 1 aliphatic heterocycles. The van der Waals surface area contributed by atoms with Crippen LogP contribution in [-0.4, -0.2) is 49.0 Å². The van der Waals surface area contributed by atoms with E-state index in [0.29, 0.717) is 24.4 Å². The van der Waals surface area contributed by atoms with Crippen molar-refractivity contribution in [2.75, 3.05) is 23.7 Å². The molecular weight excluding hydrogens is 344 g/mol. The molecule has 3 aromatic rings. The Morgan fingerprint density at radius 2 is 2.11 bits per heavy atom. The predicted octanol–water partition coefficient (Wildman–Crippen LogP) is 1.31. The summed E-state index contributed by atoms with van der Waals surface area (Å²) in [5, 5.41) is 16.2. The maximum atomic E-state index is 12.4. The molecule has 0 radical (unpaired) electrons. The summed E-state index contributed by atoms with van der Waals surface area (Å²) in [6, 6.07) is 9.44. The highest BCUT2D eigenvalue weighted by molar-refractivity contribution is 5.93. The summed E-state index contributed by atoms with van der Waals surface area (Å²) in [4.78, 5) is 18.7. The van der Waals surface area contributed by atoms with Crippen molar-refractivity contribution in [2.45, 2.75) is 25.3 Å². The monoisotopic (exact) mass is 364 g/mol. The third-order valence-electron chi connectivity index (χ3n) is 4.66. The summed E-state index contributed by atoms with van der Waals surface area (Å²) >= 11 is 0. The molecule has 0 amide bonds. The van der Waals surface area contributed by atoms with Gasteiger partial charge in [-0.15, -0.1) is 15.3 Å². The smallest absolute Gasteiger partial charge is 0.185 e. The molecule has 9 nitrogen and oxygen atoms in total. The van der Waals surface area contributed by atoms with E-state index in [-0.39, 0.29) is 11.8 Å². The number of aromatic nitrogens is 6. The van der Waals surface area contributed by atoms with Crippen LogP contribution < -0.4 is 10.6 Å². The molecule has 4 rings (SSSR count). The van der Waals surface area contributed by atoms with Crippen LogP contribution in [0.4, 0.5) is 11.6 Å². The maximum Gasteiger partial charge on any atom is 0.185 e. The van der Waals surface area contributed by atoms with E-state index in [0.717, 1.165) is 31.0 Å². The number of rotatable bonds is 6. The first kappa shape index (κ1) is 17.1. The number of pyridine rings is 1. The van der Waals surface area contributed by atoms with Gasteiger partial charge in [-0.05, 0) is 37.1 Å². The van der Waals surface area contributed by atoms with Gasteiger partial charge in [0.25, 0.3) is 0 Å². The van der Waals surface area contributed by atoms with Crippen LogP contribution in [0.5, 0.6) is 0 Å². The number of carbonyl (C=O) groups excluding carboxylic acids is 1. The molecule has 27 heavy (non-hydrogen) atoms. The van der Waals surface area contributed by atoms with Crippen molar-refractivity contribution in [3.05, 3.63) is 54.1 Å². The zero-order chi connectivity index (χ0) is 18.6. The number of hydrogen-bond donors (Lipinski definition) is 1. The van der Waals surface area contributed by atoms with Crippen molar-refractivity contribution in [1.29, 1.82) is 0 Å². The van der Waals surface area contributed by atoms with Gasteiger partial charge in [-0.1, -0.05) is 11.3 Å². The number of nitrogens with two attached hydrogens (primary N) is 1. The Bertz CT molecular complexity index is 909. The van der Waals surface area contributed by atoms with Gasteiger partial charge in [0, 0.05) is 31.4 Å². The first-order chi connectivity index (χ1) is 13.2. The largest absolute Gasteiger partial charge is 0.382 e. The maximum absolute atomic E-state index is 12.4. The minimum atomic E-state index is -0.0221. The number of nitrogens with zero attached hydrogens (tertiary/aromatic N) is 7. The highest BCUT2D eigenvalue weighted by atomic mass is 16.1. The average molecular weight is 364 g/mol. The first-order valence-electron chi connectivity index (χ1n) is 8.88. The van der Waals surface area contributed by atoms with E-state index in [1.54, 1.807) is 23.1 Å². The molecule has 138 valence electrons. The number of hydrogen-bond acceptors (Lipinski definition) is 8. The van der Waals surface area contributed by atoms with Crippen molar-refractivity contribution in [2.24, 2.45) is 0 Å². The third kappa shape index (κ3) is 3.91. The molecule has 4 heterocycles. The summed E-state index contributed by atoms with van der Waals surface area (Å²) < 4.78 is 1.78. The van der Waals surface area contributed by atoms with Crippen LogP contribution in [0.25, 0.3) is 0 Å². The first-order valence-corrected chi connectivity index (χ1v) is 8.88. The molecule has 1 saturated heterocycles. The van der Waals surface area contributed by atoms with Gasteiger partial charge in [-0.25, -0.2) is 4.68 Å². The minimum Gasteiger partial charge on any atom is -0.382 e. The Morgan fingerprint density at radius 3 is 2.89 bits per heavy atom. The number of aryl methyl sites for hydroxylation is 1. The molecule has 0 spiro atoms. The Kier molecular flexibility index (Phi) is 4.73. The van der Waals surface area contributed by atoms with E-state index in [1.807, 2.05) is 24.3 Å². The molecule has 1 unspecified atom stereocenters. The standard InChI is InChI=1S/C18H20N8O/c19-17-6-7-18(23-22-17)25-10-8-14(11-25)26-12-15(21-24-26)16(27)5-4-13-3-1-2-9-20-13/h1-3,6-7,9,12,14H,4-5,8,10-11H2,(H2,19,22). The van der Waals surface area contributed by atoms with Crippen LogP contribution >= 0.6 is 0 Å². The summed E-state index contributed by atoms with van der Waals surface area (Å²) in [6.07, 6.45) is 5.33. The van der Waals surface area contributed by atoms with Crippen LogP contribution in [0, 0.1) is 0 Å². The Labute approximate surface area is 156 Å². The van der Waals surface area contributed by atoms with Gasteiger partial charge in [-0.2, -0.15) is 0 Å². The Morgan fingerprint density at radius 1 is 1.19 bits per heavy atom. The predicted molar refractivity (Wildman–Crippen MR) is 99.2 cm³/mol. The van der Waals surface area contributed by atoms with Crippen molar-refractivity contribution in [3.63, 3.8) is 0 Å². The lowest BCUT2D eigenvalue weighted by molar-refractivity contribution is 0.0977. The van der Waals surface area contributed by atoms with Crippen molar-refractivity contribution >= 4 is 17.4 Å². The van der Waals surface area contributed by atoms with Crippen LogP contribution in [-0.2, 0) is 6.42 Å². The number of nitrogen functional groups attached to an aromatic ring is 1. The van der Waals surface area contributed by atoms with Crippen LogP contribution in [0.2, 0.25) is 0 Å². The number of carbonyl (C=O) groups is 1. The molecule has 9 heteroatoms. The summed E-state index contributed by atoms with van der Waals surface area (Å²) in [6.45, 7) is 1.58. The second kappa shape index (κ2) is 7.48. The highest BCUT2D eigenvalue weighted by Gasteiger charge is 2.26. The van der Waals surface area contributed by atoms with Gasteiger partial charge in [0.1, 0.15) is 11.5 Å². The van der Waals surface area contributed by atoms with Gasteiger partial charge >= 0.3 is 0 Å². The zero-order valence-electron chi connectivity index (χ0n) is 14.8. The molecule has 1 fully saturated rings. The van der Waals surface area contributed by atoms with Gasteiger partial charge in [-0.3, -0.25) is 9.78 Å². The highest BCUT2D eigenvalue weighted by Crippen LogP contribution is 2.25. The van der Waals surface area contributed by atoms with Crippen molar-refractivity contribution in [3.8, 4) is 0 Å². The molecule has 1 atom stereocenters. The van der Waals surface area contributed by atoms with Gasteiger partial charge in [0.15, 0.2) is 11.6 Å². The number of ketones is 1. The second-order valence-corrected chi connectivity index (χ2v) is 6.53. The lowest BCUT2D eigenvalue weighted by atomic mass is 10.1. The topological polar surface area (TPSA) is 116 Å². The summed E-state index contributed by atoms with van der Waals surface area (Å²) in [5.74, 6) is 1.17. The third-order valence-corrected chi connectivity index (χ3v) is 4.66. The molecule has 3 aromatic heterocycles. The van der Waals surface area contributed by atoms with E-state index in [9.17, 15) is 4.79 Å². The molecule has 0 aromatic carbocycles. The zero-order valence-corrected chi connectivity index (χ0v) is 14.8. The molecular formula is C18H20N8O. The fourth-order valence-corrected chi connectivity index (χ4v) is 3.17. The Balaban J connectivity index is 1.36. The molecule has 0 bridgehead atoms. The van der Waals surface area contributed by atoms with Crippen molar-refractivity contribution < 1.29 is 4.79 Å². The minimum absolute atomic E-state index is 0.0221. The summed E-state index contributed by atoms with van der Waals surface area (Å²) in [5.41, 5.74) is 6.88. The Hall–Kier alpha value is -3.36. The number of anilines is 2. The van der Waals surface area contributed by atoms with Crippen LogP contribution in [0.3, 0.4) is 0 Å². The normalized spacial score (nSPS) is 16.6. The second-order valence-electron chi connectivity index (χ2n) is 6.53. The van der Waals surface area contributed by atoms with E-state index in [1.165, 1.54) is 0 Å². The van der Waals surface area contributed by atoms with Crippen molar-refractivity contribution in [1.82, 2.24) is 30.2 Å². The fourth-order valence-electron chi connectivity index (χ4n) is 3.17. The van der Waals surface area contributed by atoms with E-state index < -0.39 is 0 Å². The van der Waals surface area contributed by atoms with Crippen LogP contribution in [0.15, 0.2) is 42.7 Å². The molecule has 1 aliphatic rings. The SMILES string of the molecule is Nc1ccc(N2CCC(n3cc(C(=O)CCc4ccccn4)nn3)C2)nn1. The average Bonchev–Trinajstić information content (AvgIpc) is 3.37. The van der Waals surface area contributed by atoms with Gasteiger partial charge in [0.05, 0.1) is 12.2 Å². The van der Waals surface area contributed by atoms with E-state index >= 15 is 0 Å². The summed E-state index contributed by atoms with van der Waals surface area (Å²) in [7, 11) is 0.